The highest BCUT2D eigenvalue weighted by molar-refractivity contribution is 7.08. The van der Waals surface area contributed by atoms with Crippen LogP contribution in [-0.2, 0) is 0 Å². The normalized spacial score (nSPS) is 15.8. The van der Waals surface area contributed by atoms with E-state index in [1.165, 1.54) is 29.3 Å². The Morgan fingerprint density at radius 3 is 2.48 bits per heavy atom. The minimum Gasteiger partial charge on any atom is -0.497 e. The molecule has 0 N–H and O–H groups in total. The Labute approximate surface area is 171 Å². The third-order valence-electron chi connectivity index (χ3n) is 4.80. The third kappa shape index (κ3) is 3.74. The van der Waals surface area contributed by atoms with Crippen molar-refractivity contribution in [1.29, 1.82) is 0 Å². The van der Waals surface area contributed by atoms with Crippen molar-refractivity contribution in [2.75, 3.05) is 7.11 Å². The predicted molar refractivity (Wildman–Crippen MR) is 110 cm³/mol. The van der Waals surface area contributed by atoms with Crippen molar-refractivity contribution in [1.82, 2.24) is 5.01 Å². The molecule has 8 heteroatoms. The molecule has 1 atom stereocenters. The van der Waals surface area contributed by atoms with Gasteiger partial charge in [0.1, 0.15) is 5.75 Å². The average Bonchev–Trinajstić information content (AvgIpc) is 3.43. The molecule has 1 amide bonds. The van der Waals surface area contributed by atoms with Crippen LogP contribution in [0.5, 0.6) is 5.75 Å². The zero-order valence-corrected chi connectivity index (χ0v) is 16.3. The van der Waals surface area contributed by atoms with E-state index in [2.05, 4.69) is 5.10 Å². The van der Waals surface area contributed by atoms with Gasteiger partial charge < -0.3 is 4.74 Å². The van der Waals surface area contributed by atoms with E-state index in [0.717, 1.165) is 22.6 Å². The molecule has 1 aliphatic heterocycles. The van der Waals surface area contributed by atoms with Gasteiger partial charge >= 0.3 is 0 Å². The fourth-order valence-electron chi connectivity index (χ4n) is 3.24. The van der Waals surface area contributed by atoms with E-state index in [4.69, 9.17) is 4.74 Å². The van der Waals surface area contributed by atoms with Crippen molar-refractivity contribution in [2.24, 2.45) is 5.10 Å². The van der Waals surface area contributed by atoms with Crippen LogP contribution in [0.25, 0.3) is 0 Å². The fraction of sp³-hybridized carbons (Fsp3) is 0.143. The predicted octanol–water partition coefficient (Wildman–Crippen LogP) is 4.66. The van der Waals surface area contributed by atoms with Crippen molar-refractivity contribution < 1.29 is 14.5 Å². The molecule has 1 aromatic heterocycles. The van der Waals surface area contributed by atoms with Crippen LogP contribution in [0.4, 0.5) is 5.69 Å². The van der Waals surface area contributed by atoms with E-state index < -0.39 is 4.92 Å². The number of methoxy groups -OCH3 is 1. The molecular formula is C21H17N3O4S. The molecule has 4 rings (SSSR count). The standard InChI is InChI=1S/C21H17N3O4S/c1-28-18-8-4-14(5-9-18)20-12-19(16-10-11-29-13-16)22-23(20)21(25)15-2-6-17(7-3-15)24(26)27/h2-11,13,20H,12H2,1H3. The van der Waals surface area contributed by atoms with E-state index in [-0.39, 0.29) is 17.6 Å². The zero-order valence-electron chi connectivity index (χ0n) is 15.5. The summed E-state index contributed by atoms with van der Waals surface area (Å²) in [7, 11) is 1.60. The second-order valence-electron chi connectivity index (χ2n) is 6.51. The lowest BCUT2D eigenvalue weighted by molar-refractivity contribution is -0.384. The number of carbonyl (C=O) groups is 1. The Bertz CT molecular complexity index is 1060. The maximum atomic E-state index is 13.2. The largest absolute Gasteiger partial charge is 0.497 e. The number of nitro benzene ring substituents is 1. The first kappa shape index (κ1) is 18.8. The molecule has 0 saturated carbocycles. The molecule has 0 radical (unpaired) electrons. The van der Waals surface area contributed by atoms with Crippen LogP contribution >= 0.6 is 11.3 Å². The second kappa shape index (κ2) is 7.84. The summed E-state index contributed by atoms with van der Waals surface area (Å²) in [5.41, 5.74) is 3.06. The van der Waals surface area contributed by atoms with Crippen molar-refractivity contribution >= 4 is 28.6 Å². The molecule has 2 aromatic carbocycles. The maximum Gasteiger partial charge on any atom is 0.274 e. The van der Waals surface area contributed by atoms with E-state index >= 15 is 0 Å². The second-order valence-corrected chi connectivity index (χ2v) is 7.29. The Morgan fingerprint density at radius 2 is 1.90 bits per heavy atom. The monoisotopic (exact) mass is 407 g/mol. The molecular weight excluding hydrogens is 390 g/mol. The summed E-state index contributed by atoms with van der Waals surface area (Å²) in [5, 5.41) is 20.9. The summed E-state index contributed by atoms with van der Waals surface area (Å²) < 4.78 is 5.22. The Morgan fingerprint density at radius 1 is 1.17 bits per heavy atom. The molecule has 7 nitrogen and oxygen atoms in total. The summed E-state index contributed by atoms with van der Waals surface area (Å²) in [6.45, 7) is 0. The number of hydrogen-bond acceptors (Lipinski definition) is 6. The number of non-ortho nitro benzene ring substituents is 1. The minimum atomic E-state index is -0.489. The zero-order chi connectivity index (χ0) is 20.4. The molecule has 1 aliphatic rings. The van der Waals surface area contributed by atoms with Gasteiger partial charge in [0, 0.05) is 29.7 Å². The molecule has 0 aliphatic carbocycles. The van der Waals surface area contributed by atoms with Crippen LogP contribution in [0, 0.1) is 10.1 Å². The van der Waals surface area contributed by atoms with E-state index in [0.29, 0.717) is 12.0 Å². The molecule has 0 fully saturated rings. The highest BCUT2D eigenvalue weighted by Crippen LogP contribution is 2.35. The maximum absolute atomic E-state index is 13.2. The smallest absolute Gasteiger partial charge is 0.274 e. The highest BCUT2D eigenvalue weighted by Gasteiger charge is 2.34. The molecule has 146 valence electrons. The number of hydrogen-bond donors (Lipinski definition) is 0. The van der Waals surface area contributed by atoms with Crippen molar-refractivity contribution in [3.8, 4) is 5.75 Å². The first-order valence-corrected chi connectivity index (χ1v) is 9.83. The molecule has 1 unspecified atom stereocenters. The van der Waals surface area contributed by atoms with Gasteiger partial charge in [-0.25, -0.2) is 5.01 Å². The molecule has 2 heterocycles. The van der Waals surface area contributed by atoms with Crippen LogP contribution in [0.1, 0.15) is 33.9 Å². The van der Waals surface area contributed by atoms with Gasteiger partial charge in [-0.1, -0.05) is 12.1 Å². The van der Waals surface area contributed by atoms with Gasteiger partial charge in [0.05, 0.1) is 23.8 Å². The Kier molecular flexibility index (Phi) is 5.09. The Hall–Kier alpha value is -3.52. The van der Waals surface area contributed by atoms with Gasteiger partial charge in [-0.2, -0.15) is 16.4 Å². The molecule has 0 spiro atoms. The molecule has 3 aromatic rings. The van der Waals surface area contributed by atoms with Crippen LogP contribution in [-0.4, -0.2) is 28.7 Å². The van der Waals surface area contributed by atoms with Gasteiger partial charge in [0.25, 0.3) is 11.6 Å². The molecule has 0 bridgehead atoms. The number of benzene rings is 2. The van der Waals surface area contributed by atoms with Gasteiger partial charge in [0.2, 0.25) is 0 Å². The average molecular weight is 407 g/mol. The van der Waals surface area contributed by atoms with Crippen LogP contribution < -0.4 is 4.74 Å². The van der Waals surface area contributed by atoms with Gasteiger partial charge in [-0.05, 0) is 46.7 Å². The summed E-state index contributed by atoms with van der Waals surface area (Å²) >= 11 is 1.57. The lowest BCUT2D eigenvalue weighted by Gasteiger charge is -2.22. The van der Waals surface area contributed by atoms with Gasteiger partial charge in [0.15, 0.2) is 0 Å². The SMILES string of the molecule is COc1ccc(C2CC(c3ccsc3)=NN2C(=O)c2ccc([N+](=O)[O-])cc2)cc1. The van der Waals surface area contributed by atoms with Crippen LogP contribution in [0.2, 0.25) is 0 Å². The molecule has 0 saturated heterocycles. The van der Waals surface area contributed by atoms with Crippen molar-refractivity contribution in [3.05, 3.63) is 92.2 Å². The Balaban J connectivity index is 1.68. The van der Waals surface area contributed by atoms with Gasteiger partial charge in [-0.15, -0.1) is 0 Å². The molecule has 29 heavy (non-hydrogen) atoms. The number of nitro groups is 1. The van der Waals surface area contributed by atoms with E-state index in [1.807, 2.05) is 41.1 Å². The van der Waals surface area contributed by atoms with Crippen molar-refractivity contribution in [3.63, 3.8) is 0 Å². The van der Waals surface area contributed by atoms with Crippen LogP contribution in [0.15, 0.2) is 70.5 Å². The summed E-state index contributed by atoms with van der Waals surface area (Å²) in [5.74, 6) is 0.435. The number of hydrazone groups is 1. The third-order valence-corrected chi connectivity index (χ3v) is 5.48. The number of nitrogens with zero attached hydrogens (tertiary/aromatic N) is 3. The summed E-state index contributed by atoms with van der Waals surface area (Å²) in [6.07, 6.45) is 0.585. The van der Waals surface area contributed by atoms with E-state index in [1.54, 1.807) is 18.4 Å². The van der Waals surface area contributed by atoms with Crippen molar-refractivity contribution in [2.45, 2.75) is 12.5 Å². The quantitative estimate of drug-likeness (QED) is 0.455. The summed E-state index contributed by atoms with van der Waals surface area (Å²) in [4.78, 5) is 23.6. The minimum absolute atomic E-state index is 0.0582. The van der Waals surface area contributed by atoms with Crippen LogP contribution in [0.3, 0.4) is 0 Å². The highest BCUT2D eigenvalue weighted by atomic mass is 32.1. The number of ether oxygens (including phenoxy) is 1. The fourth-order valence-corrected chi connectivity index (χ4v) is 3.91. The topological polar surface area (TPSA) is 85.0 Å². The van der Waals surface area contributed by atoms with Gasteiger partial charge in [-0.3, -0.25) is 14.9 Å². The number of carbonyl (C=O) groups excluding carboxylic acids is 1. The number of rotatable bonds is 5. The lowest BCUT2D eigenvalue weighted by Crippen LogP contribution is -2.27. The summed E-state index contributed by atoms with van der Waals surface area (Å²) in [6, 6.07) is 14.8. The van der Waals surface area contributed by atoms with E-state index in [9.17, 15) is 14.9 Å². The number of amides is 1. The number of thiophene rings is 1. The first-order chi connectivity index (χ1) is 14.1. The first-order valence-electron chi connectivity index (χ1n) is 8.89. The lowest BCUT2D eigenvalue weighted by atomic mass is 9.99.